The van der Waals surface area contributed by atoms with Gasteiger partial charge < -0.3 is 10.3 Å². The fraction of sp³-hybridized carbons (Fsp3) is 0.389. The van der Waals surface area contributed by atoms with Crippen LogP contribution in [0, 0.1) is 13.8 Å². The van der Waals surface area contributed by atoms with Crippen LogP contribution in [0.25, 0.3) is 10.9 Å². The van der Waals surface area contributed by atoms with Crippen molar-refractivity contribution in [1.29, 1.82) is 0 Å². The fourth-order valence-electron chi connectivity index (χ4n) is 2.78. The number of nitrogens with one attached hydrogen (secondary N) is 2. The molecule has 6 heteroatoms. The maximum absolute atomic E-state index is 12.4. The van der Waals surface area contributed by atoms with Gasteiger partial charge in [-0.15, -0.1) is 10.2 Å². The molecule has 1 aromatic carbocycles. The second kappa shape index (κ2) is 7.13. The lowest BCUT2D eigenvalue weighted by Gasteiger charge is -2.02. The van der Waals surface area contributed by atoms with E-state index in [1.807, 2.05) is 6.92 Å². The molecule has 5 nitrogen and oxygen atoms in total. The number of hydrogen-bond donors (Lipinski definition) is 2. The Balaban J connectivity index is 1.72. The molecule has 0 unspecified atom stereocenters. The minimum Gasteiger partial charge on any atom is -0.358 e. The van der Waals surface area contributed by atoms with Gasteiger partial charge in [0.1, 0.15) is 5.01 Å². The van der Waals surface area contributed by atoms with E-state index in [4.69, 9.17) is 0 Å². The Hall–Kier alpha value is -2.21. The van der Waals surface area contributed by atoms with Gasteiger partial charge in [0.05, 0.1) is 6.42 Å². The summed E-state index contributed by atoms with van der Waals surface area (Å²) in [6, 6.07) is 6.25. The third-order valence-corrected chi connectivity index (χ3v) is 4.97. The summed E-state index contributed by atoms with van der Waals surface area (Å²) in [7, 11) is 0. The highest BCUT2D eigenvalue weighted by Gasteiger charge is 2.14. The maximum Gasteiger partial charge on any atom is 0.230 e. The molecule has 1 amide bonds. The van der Waals surface area contributed by atoms with Gasteiger partial charge >= 0.3 is 0 Å². The summed E-state index contributed by atoms with van der Waals surface area (Å²) < 4.78 is 0. The van der Waals surface area contributed by atoms with Crippen molar-refractivity contribution in [1.82, 2.24) is 15.2 Å². The molecule has 0 aliphatic carbocycles. The lowest BCUT2D eigenvalue weighted by Crippen LogP contribution is -2.14. The average Bonchev–Trinajstić information content (AvgIpc) is 3.11. The van der Waals surface area contributed by atoms with Crippen molar-refractivity contribution in [3.63, 3.8) is 0 Å². The molecule has 3 aromatic rings. The Kier molecular flexibility index (Phi) is 4.94. The number of H-pyrrole nitrogens is 1. The number of fused-ring (bicyclic) bond motifs is 1. The molecule has 0 spiro atoms. The van der Waals surface area contributed by atoms with Crippen LogP contribution < -0.4 is 5.32 Å². The van der Waals surface area contributed by atoms with Crippen molar-refractivity contribution < 1.29 is 4.79 Å². The number of amides is 1. The summed E-state index contributed by atoms with van der Waals surface area (Å²) in [6.07, 6.45) is 3.47. The molecule has 0 saturated carbocycles. The smallest absolute Gasteiger partial charge is 0.230 e. The molecule has 0 fully saturated rings. The van der Waals surface area contributed by atoms with Gasteiger partial charge in [-0.05, 0) is 38.0 Å². The second-order valence-electron chi connectivity index (χ2n) is 6.11. The molecule has 0 aliphatic heterocycles. The van der Waals surface area contributed by atoms with E-state index in [-0.39, 0.29) is 5.91 Å². The summed E-state index contributed by atoms with van der Waals surface area (Å²) in [5, 5.41) is 13.7. The highest BCUT2D eigenvalue weighted by molar-refractivity contribution is 7.15. The van der Waals surface area contributed by atoms with E-state index < -0.39 is 0 Å². The Morgan fingerprint density at radius 1 is 1.29 bits per heavy atom. The molecule has 2 heterocycles. The molecule has 24 heavy (non-hydrogen) atoms. The Bertz CT molecular complexity index is 865. The largest absolute Gasteiger partial charge is 0.358 e. The highest BCUT2D eigenvalue weighted by Crippen LogP contribution is 2.24. The molecule has 2 aromatic heterocycles. The number of carbonyl (C=O) groups excluding carboxylic acids is 1. The van der Waals surface area contributed by atoms with Crippen LogP contribution in [-0.4, -0.2) is 21.1 Å². The van der Waals surface area contributed by atoms with E-state index in [0.717, 1.165) is 46.4 Å². The number of aromatic nitrogens is 3. The molecule has 0 saturated heterocycles. The molecule has 0 aliphatic rings. The number of unbranched alkanes of at least 4 members (excludes halogenated alkanes) is 1. The number of aromatic amines is 1. The predicted octanol–water partition coefficient (Wildman–Crippen LogP) is 4.16. The van der Waals surface area contributed by atoms with Gasteiger partial charge in [0, 0.05) is 23.0 Å². The highest BCUT2D eigenvalue weighted by atomic mass is 32.1. The van der Waals surface area contributed by atoms with Crippen LogP contribution in [0.4, 0.5) is 5.13 Å². The molecule has 3 rings (SSSR count). The Labute approximate surface area is 145 Å². The van der Waals surface area contributed by atoms with Crippen LogP contribution in [0.15, 0.2) is 18.2 Å². The van der Waals surface area contributed by atoms with Crippen molar-refractivity contribution >= 4 is 33.3 Å². The van der Waals surface area contributed by atoms with Crippen LogP contribution in [0.2, 0.25) is 0 Å². The number of hydrogen-bond acceptors (Lipinski definition) is 4. The molecular weight excluding hydrogens is 320 g/mol. The van der Waals surface area contributed by atoms with Crippen molar-refractivity contribution in [2.75, 3.05) is 5.32 Å². The second-order valence-corrected chi connectivity index (χ2v) is 7.17. The van der Waals surface area contributed by atoms with Crippen molar-refractivity contribution in [3.8, 4) is 0 Å². The zero-order valence-corrected chi connectivity index (χ0v) is 15.1. The first-order valence-corrected chi connectivity index (χ1v) is 9.08. The first-order chi connectivity index (χ1) is 11.6. The monoisotopic (exact) mass is 342 g/mol. The van der Waals surface area contributed by atoms with E-state index in [9.17, 15) is 4.79 Å². The molecule has 0 bridgehead atoms. The standard InChI is InChI=1S/C18H22N4OS/c1-4-5-6-17-21-22-18(24-17)20-16(23)10-13-12(3)19-15-8-7-11(2)9-14(13)15/h7-9,19H,4-6,10H2,1-3H3,(H,20,22,23). The quantitative estimate of drug-likeness (QED) is 0.706. The molecule has 2 N–H and O–H groups in total. The van der Waals surface area contributed by atoms with Gasteiger partial charge in [-0.3, -0.25) is 4.79 Å². The van der Waals surface area contributed by atoms with Crippen molar-refractivity contribution in [2.45, 2.75) is 46.5 Å². The molecule has 0 radical (unpaired) electrons. The maximum atomic E-state index is 12.4. The SMILES string of the molecule is CCCCc1nnc(NC(=O)Cc2c(C)[nH]c3ccc(C)cc23)s1. The van der Waals surface area contributed by atoms with Gasteiger partial charge in [-0.2, -0.15) is 0 Å². The summed E-state index contributed by atoms with van der Waals surface area (Å²) in [5.74, 6) is -0.0568. The van der Waals surface area contributed by atoms with E-state index in [1.165, 1.54) is 16.9 Å². The van der Waals surface area contributed by atoms with Crippen LogP contribution in [0.1, 0.15) is 41.6 Å². The summed E-state index contributed by atoms with van der Waals surface area (Å²) in [5.41, 5.74) is 4.33. The lowest BCUT2D eigenvalue weighted by molar-refractivity contribution is -0.115. The van der Waals surface area contributed by atoms with Gasteiger partial charge in [0.25, 0.3) is 0 Å². The van der Waals surface area contributed by atoms with Gasteiger partial charge in [0.2, 0.25) is 11.0 Å². The van der Waals surface area contributed by atoms with Gasteiger partial charge in [-0.1, -0.05) is 36.3 Å². The minimum atomic E-state index is -0.0568. The van der Waals surface area contributed by atoms with E-state index in [1.54, 1.807) is 0 Å². The number of anilines is 1. The summed E-state index contributed by atoms with van der Waals surface area (Å²) in [6.45, 7) is 6.21. The number of carbonyl (C=O) groups is 1. The van der Waals surface area contributed by atoms with E-state index >= 15 is 0 Å². The first-order valence-electron chi connectivity index (χ1n) is 8.27. The van der Waals surface area contributed by atoms with E-state index in [0.29, 0.717) is 11.6 Å². The lowest BCUT2D eigenvalue weighted by atomic mass is 10.1. The molecular formula is C18H22N4OS. The fourth-order valence-corrected chi connectivity index (χ4v) is 3.58. The third-order valence-electron chi connectivity index (χ3n) is 4.07. The van der Waals surface area contributed by atoms with Gasteiger partial charge in [0.15, 0.2) is 0 Å². The van der Waals surface area contributed by atoms with Crippen molar-refractivity contribution in [3.05, 3.63) is 40.0 Å². The number of nitrogens with zero attached hydrogens (tertiary/aromatic N) is 2. The van der Waals surface area contributed by atoms with Crippen molar-refractivity contribution in [2.24, 2.45) is 0 Å². The van der Waals surface area contributed by atoms with Crippen LogP contribution in [-0.2, 0) is 17.6 Å². The molecule has 0 atom stereocenters. The normalized spacial score (nSPS) is 11.1. The average molecular weight is 342 g/mol. The number of aryl methyl sites for hydroxylation is 3. The summed E-state index contributed by atoms with van der Waals surface area (Å²) >= 11 is 1.46. The van der Waals surface area contributed by atoms with Crippen LogP contribution in [0.3, 0.4) is 0 Å². The number of benzene rings is 1. The predicted molar refractivity (Wildman–Crippen MR) is 98.6 cm³/mol. The Morgan fingerprint density at radius 3 is 2.92 bits per heavy atom. The van der Waals surface area contributed by atoms with Crippen LogP contribution in [0.5, 0.6) is 0 Å². The zero-order chi connectivity index (χ0) is 17.1. The minimum absolute atomic E-state index is 0.0568. The Morgan fingerprint density at radius 2 is 2.12 bits per heavy atom. The zero-order valence-electron chi connectivity index (χ0n) is 14.3. The third kappa shape index (κ3) is 3.64. The van der Waals surface area contributed by atoms with Crippen LogP contribution >= 0.6 is 11.3 Å². The van der Waals surface area contributed by atoms with Gasteiger partial charge in [-0.25, -0.2) is 0 Å². The topological polar surface area (TPSA) is 70.7 Å². The van der Waals surface area contributed by atoms with E-state index in [2.05, 4.69) is 52.5 Å². The number of rotatable bonds is 6. The molecule has 126 valence electrons. The summed E-state index contributed by atoms with van der Waals surface area (Å²) in [4.78, 5) is 15.7. The first kappa shape index (κ1) is 16.6.